The van der Waals surface area contributed by atoms with Crippen LogP contribution in [0.5, 0.6) is 0 Å². The number of hydrogen-bond donors (Lipinski definition) is 0. The molecule has 0 radical (unpaired) electrons. The summed E-state index contributed by atoms with van der Waals surface area (Å²) in [5.74, 6) is 0.178. The second-order valence-electron chi connectivity index (χ2n) is 3.47. The lowest BCUT2D eigenvalue weighted by atomic mass is 9.92. The number of allylic oxidation sites excluding steroid dienone is 1. The normalized spacial score (nSPS) is 27.2. The third-order valence-corrected chi connectivity index (χ3v) is 2.34. The highest BCUT2D eigenvalue weighted by molar-refractivity contribution is 5.87. The number of rotatable bonds is 4. The summed E-state index contributed by atoms with van der Waals surface area (Å²) in [6.07, 6.45) is 7.69. The fourth-order valence-electron chi connectivity index (χ4n) is 1.36. The Kier molecular flexibility index (Phi) is 3.43. The molecule has 0 spiro atoms. The first-order chi connectivity index (χ1) is 6.19. The average molecular weight is 180 g/mol. The lowest BCUT2D eigenvalue weighted by Gasteiger charge is -2.29. The van der Waals surface area contributed by atoms with Gasteiger partial charge >= 0.3 is 0 Å². The highest BCUT2D eigenvalue weighted by atomic mass is 16.5. The van der Waals surface area contributed by atoms with Gasteiger partial charge in [-0.3, -0.25) is 4.79 Å². The maximum atomic E-state index is 11.7. The van der Waals surface area contributed by atoms with Crippen molar-refractivity contribution in [3.05, 3.63) is 24.8 Å². The molecule has 0 saturated carbocycles. The zero-order chi connectivity index (χ0) is 9.73. The lowest BCUT2D eigenvalue weighted by molar-refractivity contribution is -0.141. The van der Waals surface area contributed by atoms with Gasteiger partial charge in [0.25, 0.3) is 0 Å². The van der Waals surface area contributed by atoms with Gasteiger partial charge in [-0.1, -0.05) is 18.2 Å². The summed E-state index contributed by atoms with van der Waals surface area (Å²) in [6, 6.07) is 0. The van der Waals surface area contributed by atoms with E-state index in [-0.39, 0.29) is 5.78 Å². The summed E-state index contributed by atoms with van der Waals surface area (Å²) in [5, 5.41) is 0. The highest BCUT2D eigenvalue weighted by Gasteiger charge is 2.32. The Labute approximate surface area is 79.3 Å². The quantitative estimate of drug-likeness (QED) is 0.620. The zero-order valence-electron chi connectivity index (χ0n) is 8.08. The molecule has 0 saturated heterocycles. The molecule has 0 unspecified atom stereocenters. The van der Waals surface area contributed by atoms with Crippen LogP contribution in [0.2, 0.25) is 0 Å². The van der Waals surface area contributed by atoms with Gasteiger partial charge < -0.3 is 4.74 Å². The van der Waals surface area contributed by atoms with Crippen molar-refractivity contribution >= 4 is 5.78 Å². The fourth-order valence-corrected chi connectivity index (χ4v) is 1.36. The Morgan fingerprint density at radius 1 is 1.69 bits per heavy atom. The summed E-state index contributed by atoms with van der Waals surface area (Å²) < 4.78 is 5.45. The van der Waals surface area contributed by atoms with Crippen LogP contribution in [0.15, 0.2) is 24.8 Å². The molecule has 0 bridgehead atoms. The monoisotopic (exact) mass is 180 g/mol. The van der Waals surface area contributed by atoms with Gasteiger partial charge in [-0.15, -0.1) is 6.58 Å². The Morgan fingerprint density at radius 2 is 2.46 bits per heavy atom. The van der Waals surface area contributed by atoms with Gasteiger partial charge in [0.2, 0.25) is 0 Å². The first-order valence-electron chi connectivity index (χ1n) is 4.62. The molecule has 1 aliphatic rings. The standard InChI is InChI=1S/C11H16O2/c1-3-4-7-10(12)11(2)8-5-6-9-13-11/h3,5-6H,1,4,7-9H2,2H3/t11-/m1/s1. The largest absolute Gasteiger partial charge is 0.363 e. The second kappa shape index (κ2) is 4.38. The van der Waals surface area contributed by atoms with Crippen molar-refractivity contribution < 1.29 is 9.53 Å². The number of hydrogen-bond acceptors (Lipinski definition) is 2. The van der Waals surface area contributed by atoms with E-state index < -0.39 is 5.60 Å². The maximum Gasteiger partial charge on any atom is 0.164 e. The van der Waals surface area contributed by atoms with Crippen molar-refractivity contribution in [1.29, 1.82) is 0 Å². The van der Waals surface area contributed by atoms with E-state index in [0.29, 0.717) is 19.4 Å². The topological polar surface area (TPSA) is 26.3 Å². The third-order valence-electron chi connectivity index (χ3n) is 2.34. The van der Waals surface area contributed by atoms with E-state index in [2.05, 4.69) is 6.58 Å². The van der Waals surface area contributed by atoms with Crippen LogP contribution in [-0.4, -0.2) is 18.0 Å². The second-order valence-corrected chi connectivity index (χ2v) is 3.47. The molecule has 0 aromatic heterocycles. The summed E-state index contributed by atoms with van der Waals surface area (Å²) >= 11 is 0. The SMILES string of the molecule is C=CCCC(=O)[C@@]1(C)CC=CCO1. The van der Waals surface area contributed by atoms with Crippen LogP contribution < -0.4 is 0 Å². The van der Waals surface area contributed by atoms with E-state index in [1.807, 2.05) is 19.1 Å². The van der Waals surface area contributed by atoms with Crippen molar-refractivity contribution in [1.82, 2.24) is 0 Å². The average Bonchev–Trinajstić information content (AvgIpc) is 2.15. The van der Waals surface area contributed by atoms with E-state index in [9.17, 15) is 4.79 Å². The van der Waals surface area contributed by atoms with E-state index >= 15 is 0 Å². The first kappa shape index (κ1) is 10.2. The van der Waals surface area contributed by atoms with Crippen LogP contribution in [0, 0.1) is 0 Å². The minimum atomic E-state index is -0.586. The van der Waals surface area contributed by atoms with Crippen molar-refractivity contribution in [2.45, 2.75) is 31.8 Å². The van der Waals surface area contributed by atoms with E-state index in [1.165, 1.54) is 0 Å². The molecule has 0 aromatic rings. The molecule has 0 fully saturated rings. The van der Waals surface area contributed by atoms with Crippen LogP contribution >= 0.6 is 0 Å². The molecule has 2 heteroatoms. The molecule has 13 heavy (non-hydrogen) atoms. The molecular weight excluding hydrogens is 164 g/mol. The molecule has 1 aliphatic heterocycles. The molecule has 1 rings (SSSR count). The molecule has 72 valence electrons. The Hall–Kier alpha value is -0.890. The molecule has 0 amide bonds. The van der Waals surface area contributed by atoms with Crippen molar-refractivity contribution in [3.8, 4) is 0 Å². The molecule has 1 atom stereocenters. The Morgan fingerprint density at radius 3 is 3.00 bits per heavy atom. The van der Waals surface area contributed by atoms with Crippen molar-refractivity contribution in [2.75, 3.05) is 6.61 Å². The van der Waals surface area contributed by atoms with E-state index in [1.54, 1.807) is 6.08 Å². The van der Waals surface area contributed by atoms with Crippen molar-refractivity contribution in [3.63, 3.8) is 0 Å². The maximum absolute atomic E-state index is 11.7. The molecular formula is C11H16O2. The van der Waals surface area contributed by atoms with Crippen LogP contribution in [-0.2, 0) is 9.53 Å². The molecule has 2 nitrogen and oxygen atoms in total. The molecule has 0 aromatic carbocycles. The van der Waals surface area contributed by atoms with Crippen LogP contribution in [0.1, 0.15) is 26.2 Å². The van der Waals surface area contributed by atoms with Crippen LogP contribution in [0.25, 0.3) is 0 Å². The fraction of sp³-hybridized carbons (Fsp3) is 0.545. The number of carbonyl (C=O) groups excluding carboxylic acids is 1. The van der Waals surface area contributed by atoms with Gasteiger partial charge in [0.05, 0.1) is 6.61 Å². The third kappa shape index (κ3) is 2.52. The number of ether oxygens (including phenoxy) is 1. The minimum absolute atomic E-state index is 0.178. The summed E-state index contributed by atoms with van der Waals surface area (Å²) in [6.45, 7) is 6.01. The summed E-state index contributed by atoms with van der Waals surface area (Å²) in [7, 11) is 0. The van der Waals surface area contributed by atoms with Gasteiger partial charge in [-0.2, -0.15) is 0 Å². The number of Topliss-reactive ketones (excluding diaryl/α,β-unsaturated/α-hetero) is 1. The predicted octanol–water partition coefficient (Wildman–Crippen LogP) is 2.26. The van der Waals surface area contributed by atoms with Gasteiger partial charge in [-0.25, -0.2) is 0 Å². The van der Waals surface area contributed by atoms with E-state index in [0.717, 1.165) is 6.42 Å². The lowest BCUT2D eigenvalue weighted by Crippen LogP contribution is -2.39. The van der Waals surface area contributed by atoms with Gasteiger partial charge in [0, 0.05) is 12.8 Å². The zero-order valence-corrected chi connectivity index (χ0v) is 8.08. The van der Waals surface area contributed by atoms with Gasteiger partial charge in [0.15, 0.2) is 5.78 Å². The number of ketones is 1. The molecule has 1 heterocycles. The van der Waals surface area contributed by atoms with Crippen LogP contribution in [0.3, 0.4) is 0 Å². The highest BCUT2D eigenvalue weighted by Crippen LogP contribution is 2.23. The van der Waals surface area contributed by atoms with Crippen LogP contribution in [0.4, 0.5) is 0 Å². The smallest absolute Gasteiger partial charge is 0.164 e. The van der Waals surface area contributed by atoms with E-state index in [4.69, 9.17) is 4.74 Å². The van der Waals surface area contributed by atoms with Gasteiger partial charge in [0.1, 0.15) is 5.60 Å². The minimum Gasteiger partial charge on any atom is -0.363 e. The number of carbonyl (C=O) groups is 1. The Balaban J connectivity index is 2.52. The first-order valence-corrected chi connectivity index (χ1v) is 4.62. The molecule has 0 N–H and O–H groups in total. The summed E-state index contributed by atoms with van der Waals surface area (Å²) in [5.41, 5.74) is -0.586. The summed E-state index contributed by atoms with van der Waals surface area (Å²) in [4.78, 5) is 11.7. The molecule has 0 aliphatic carbocycles. The van der Waals surface area contributed by atoms with Gasteiger partial charge in [-0.05, 0) is 13.3 Å². The Bertz CT molecular complexity index is 230. The van der Waals surface area contributed by atoms with Crippen molar-refractivity contribution in [2.24, 2.45) is 0 Å². The predicted molar refractivity (Wildman–Crippen MR) is 52.6 cm³/mol.